The van der Waals surface area contributed by atoms with E-state index in [1.54, 1.807) is 7.05 Å². The van der Waals surface area contributed by atoms with Crippen molar-refractivity contribution in [2.45, 2.75) is 25.9 Å². The van der Waals surface area contributed by atoms with E-state index in [0.29, 0.717) is 6.42 Å². The molecule has 2 rings (SSSR count). The Balaban J connectivity index is 2.44. The van der Waals surface area contributed by atoms with Gasteiger partial charge < -0.3 is 15.0 Å². The summed E-state index contributed by atoms with van der Waals surface area (Å²) in [6.45, 7) is 1.22. The van der Waals surface area contributed by atoms with Crippen molar-refractivity contribution >= 4 is 17.1 Å². The summed E-state index contributed by atoms with van der Waals surface area (Å²) in [4.78, 5) is 40.6. The zero-order chi connectivity index (χ0) is 16.4. The van der Waals surface area contributed by atoms with Crippen molar-refractivity contribution in [1.82, 2.24) is 24.0 Å². The molecule has 0 aliphatic carbocycles. The molecule has 2 aromatic heterocycles. The maximum atomic E-state index is 12.4. The number of carbonyl (C=O) groups excluding carboxylic acids is 1. The third-order valence-corrected chi connectivity index (χ3v) is 3.58. The molecule has 9 heteroatoms. The highest BCUT2D eigenvalue weighted by Gasteiger charge is 2.17. The predicted molar refractivity (Wildman–Crippen MR) is 79.5 cm³/mol. The number of aromatic nitrogens is 4. The summed E-state index contributed by atoms with van der Waals surface area (Å²) in [5.41, 5.74) is -0.645. The van der Waals surface area contributed by atoms with Crippen LogP contribution in [0.15, 0.2) is 15.9 Å². The van der Waals surface area contributed by atoms with Crippen LogP contribution in [-0.4, -0.2) is 42.3 Å². The number of carbonyl (C=O) groups is 1. The number of nitrogens with one attached hydrogen (secondary N) is 1. The van der Waals surface area contributed by atoms with Gasteiger partial charge in [-0.2, -0.15) is 0 Å². The van der Waals surface area contributed by atoms with E-state index < -0.39 is 29.7 Å². The maximum absolute atomic E-state index is 12.4. The minimum atomic E-state index is -0.608. The first-order valence-electron chi connectivity index (χ1n) is 6.91. The Hall–Kier alpha value is -2.42. The van der Waals surface area contributed by atoms with Gasteiger partial charge in [-0.15, -0.1) is 0 Å². The fraction of sp³-hybridized carbons (Fsp3) is 0.538. The van der Waals surface area contributed by atoms with Crippen LogP contribution in [0.5, 0.6) is 0 Å². The molecule has 0 aliphatic heterocycles. The summed E-state index contributed by atoms with van der Waals surface area (Å²) < 4.78 is 3.60. The number of hydrogen-bond donors (Lipinski definition) is 2. The van der Waals surface area contributed by atoms with Gasteiger partial charge >= 0.3 is 5.69 Å². The average Bonchev–Trinajstić information content (AvgIpc) is 2.89. The monoisotopic (exact) mass is 309 g/mol. The zero-order valence-corrected chi connectivity index (χ0v) is 12.7. The summed E-state index contributed by atoms with van der Waals surface area (Å²) in [7, 11) is 3.14. The highest BCUT2D eigenvalue weighted by atomic mass is 16.3. The minimum absolute atomic E-state index is 0.198. The van der Waals surface area contributed by atoms with Crippen LogP contribution < -0.4 is 16.6 Å². The molecule has 0 bridgehead atoms. The molecule has 0 unspecified atom stereocenters. The van der Waals surface area contributed by atoms with Crippen LogP contribution in [0.4, 0.5) is 0 Å². The molecule has 9 nitrogen and oxygen atoms in total. The van der Waals surface area contributed by atoms with Crippen molar-refractivity contribution in [2.75, 3.05) is 6.61 Å². The van der Waals surface area contributed by atoms with Crippen LogP contribution in [0.1, 0.15) is 13.3 Å². The summed E-state index contributed by atoms with van der Waals surface area (Å²) in [5.74, 6) is -0.499. The van der Waals surface area contributed by atoms with Crippen LogP contribution in [0.25, 0.3) is 11.2 Å². The average molecular weight is 309 g/mol. The third-order valence-electron chi connectivity index (χ3n) is 3.58. The van der Waals surface area contributed by atoms with Crippen LogP contribution in [0.3, 0.4) is 0 Å². The Kier molecular flexibility index (Phi) is 4.45. The van der Waals surface area contributed by atoms with Crippen LogP contribution in [-0.2, 0) is 25.4 Å². The first-order valence-corrected chi connectivity index (χ1v) is 6.91. The molecular formula is C13H19N5O4. The minimum Gasteiger partial charge on any atom is -0.394 e. The molecule has 1 atom stereocenters. The molecule has 1 amide bonds. The number of aryl methyl sites for hydroxylation is 2. The van der Waals surface area contributed by atoms with Gasteiger partial charge in [0.25, 0.3) is 5.56 Å². The van der Waals surface area contributed by atoms with Crippen LogP contribution in [0, 0.1) is 0 Å². The largest absolute Gasteiger partial charge is 0.394 e. The molecule has 0 saturated carbocycles. The van der Waals surface area contributed by atoms with E-state index in [1.807, 2.05) is 6.92 Å². The van der Waals surface area contributed by atoms with E-state index in [4.69, 9.17) is 5.11 Å². The second-order valence-electron chi connectivity index (χ2n) is 5.12. The molecule has 0 fully saturated rings. The number of fused-ring (bicyclic) bond motifs is 1. The molecule has 2 N–H and O–H groups in total. The van der Waals surface area contributed by atoms with E-state index in [2.05, 4.69) is 10.3 Å². The lowest BCUT2D eigenvalue weighted by atomic mass is 10.2. The molecule has 0 aromatic carbocycles. The first-order chi connectivity index (χ1) is 10.4. The van der Waals surface area contributed by atoms with Gasteiger partial charge in [-0.1, -0.05) is 6.92 Å². The summed E-state index contributed by atoms with van der Waals surface area (Å²) in [6.07, 6.45) is 1.99. The second kappa shape index (κ2) is 6.14. The van der Waals surface area contributed by atoms with Crippen molar-refractivity contribution in [2.24, 2.45) is 14.1 Å². The van der Waals surface area contributed by atoms with Crippen molar-refractivity contribution in [3.05, 3.63) is 27.2 Å². The van der Waals surface area contributed by atoms with Crippen molar-refractivity contribution in [1.29, 1.82) is 0 Å². The molecule has 22 heavy (non-hydrogen) atoms. The highest BCUT2D eigenvalue weighted by molar-refractivity contribution is 5.76. The molecular weight excluding hydrogens is 290 g/mol. The lowest BCUT2D eigenvalue weighted by Crippen LogP contribution is -2.46. The quantitative estimate of drug-likeness (QED) is 0.685. The van der Waals surface area contributed by atoms with E-state index in [9.17, 15) is 14.4 Å². The third kappa shape index (κ3) is 2.67. The summed E-state index contributed by atoms with van der Waals surface area (Å²) >= 11 is 0. The highest BCUT2D eigenvalue weighted by Crippen LogP contribution is 2.02. The number of imidazole rings is 1. The van der Waals surface area contributed by atoms with Crippen molar-refractivity contribution < 1.29 is 9.90 Å². The molecule has 120 valence electrons. The molecule has 0 aliphatic rings. The lowest BCUT2D eigenvalue weighted by Gasteiger charge is -2.14. The second-order valence-corrected chi connectivity index (χ2v) is 5.12. The fourth-order valence-corrected chi connectivity index (χ4v) is 2.23. The zero-order valence-electron chi connectivity index (χ0n) is 12.7. The Bertz CT molecular complexity index is 812. The standard InChI is InChI=1S/C13H19N5O4/c1-4-8(6-19)15-9(20)5-18-12(21)10-11(14-7-16(10)2)17(3)13(18)22/h7-8,19H,4-6H2,1-3H3,(H,15,20)/t8-/m0/s1. The molecule has 2 aromatic rings. The number of hydrogen-bond acceptors (Lipinski definition) is 5. The molecule has 2 heterocycles. The lowest BCUT2D eigenvalue weighted by molar-refractivity contribution is -0.122. The smallest absolute Gasteiger partial charge is 0.332 e. The maximum Gasteiger partial charge on any atom is 0.332 e. The Morgan fingerprint density at radius 3 is 2.68 bits per heavy atom. The normalized spacial score (nSPS) is 12.5. The van der Waals surface area contributed by atoms with Gasteiger partial charge in [-0.3, -0.25) is 14.2 Å². The van der Waals surface area contributed by atoms with Crippen molar-refractivity contribution in [3.63, 3.8) is 0 Å². The van der Waals surface area contributed by atoms with Gasteiger partial charge in [0, 0.05) is 14.1 Å². The van der Waals surface area contributed by atoms with Gasteiger partial charge in [0.15, 0.2) is 11.2 Å². The van der Waals surface area contributed by atoms with Gasteiger partial charge in [0.1, 0.15) is 6.54 Å². The Morgan fingerprint density at radius 2 is 2.09 bits per heavy atom. The Labute approximate surface area is 125 Å². The summed E-state index contributed by atoms with van der Waals surface area (Å²) in [6, 6.07) is -0.396. The van der Waals surface area contributed by atoms with Crippen molar-refractivity contribution in [3.8, 4) is 0 Å². The SMILES string of the molecule is CC[C@@H](CO)NC(=O)Cn1c(=O)c2c(ncn2C)n(C)c1=O. The summed E-state index contributed by atoms with van der Waals surface area (Å²) in [5, 5.41) is 11.7. The first kappa shape index (κ1) is 16.0. The van der Waals surface area contributed by atoms with E-state index >= 15 is 0 Å². The number of amides is 1. The van der Waals surface area contributed by atoms with E-state index in [0.717, 1.165) is 4.57 Å². The number of aliphatic hydroxyl groups is 1. The van der Waals surface area contributed by atoms with Crippen LogP contribution in [0.2, 0.25) is 0 Å². The predicted octanol–water partition coefficient (Wildman–Crippen LogP) is -1.68. The Morgan fingerprint density at radius 1 is 1.41 bits per heavy atom. The van der Waals surface area contributed by atoms with Gasteiger partial charge in [-0.05, 0) is 6.42 Å². The van der Waals surface area contributed by atoms with Gasteiger partial charge in [-0.25, -0.2) is 14.3 Å². The number of aliphatic hydroxyl groups excluding tert-OH is 1. The number of nitrogens with zero attached hydrogens (tertiary/aromatic N) is 4. The van der Waals surface area contributed by atoms with Crippen LogP contribution >= 0.6 is 0 Å². The molecule has 0 saturated heterocycles. The van der Waals surface area contributed by atoms with Gasteiger partial charge in [0.2, 0.25) is 5.91 Å². The fourth-order valence-electron chi connectivity index (χ4n) is 2.23. The topological polar surface area (TPSA) is 111 Å². The molecule has 0 radical (unpaired) electrons. The van der Waals surface area contributed by atoms with Gasteiger partial charge in [0.05, 0.1) is 19.0 Å². The van der Waals surface area contributed by atoms with E-state index in [1.165, 1.54) is 22.5 Å². The molecule has 0 spiro atoms. The number of rotatable bonds is 5. The van der Waals surface area contributed by atoms with E-state index in [-0.39, 0.29) is 17.8 Å².